The summed E-state index contributed by atoms with van der Waals surface area (Å²) in [6, 6.07) is 13.8. The number of guanidine groups is 1. The Labute approximate surface area is 169 Å². The van der Waals surface area contributed by atoms with E-state index in [1.807, 2.05) is 19.4 Å². The van der Waals surface area contributed by atoms with Crippen molar-refractivity contribution in [1.82, 2.24) is 20.5 Å². The Balaban J connectivity index is 1.42. The van der Waals surface area contributed by atoms with Crippen LogP contribution in [0.4, 0.5) is 0 Å². The molecule has 1 aliphatic heterocycles. The quantitative estimate of drug-likeness (QED) is 0.597. The maximum Gasteiger partial charge on any atom is 0.191 e. The Morgan fingerprint density at radius 3 is 2.64 bits per heavy atom. The van der Waals surface area contributed by atoms with Gasteiger partial charge in [0.2, 0.25) is 0 Å². The highest BCUT2D eigenvalue weighted by atomic mass is 15.2. The van der Waals surface area contributed by atoms with Crippen LogP contribution in [0.25, 0.3) is 0 Å². The van der Waals surface area contributed by atoms with Crippen LogP contribution >= 0.6 is 0 Å². The molecule has 0 bridgehead atoms. The van der Waals surface area contributed by atoms with Crippen LogP contribution < -0.4 is 10.6 Å². The minimum Gasteiger partial charge on any atom is -0.356 e. The lowest BCUT2D eigenvalue weighted by Crippen LogP contribution is -2.49. The fraction of sp³-hybridized carbons (Fsp3) is 0.478. The van der Waals surface area contributed by atoms with E-state index in [0.717, 1.165) is 44.9 Å². The molecule has 0 aliphatic carbocycles. The third-order valence-corrected chi connectivity index (χ3v) is 5.75. The minimum absolute atomic E-state index is 0.475. The van der Waals surface area contributed by atoms with Crippen LogP contribution in [0.5, 0.6) is 0 Å². The molecule has 0 radical (unpaired) electrons. The van der Waals surface area contributed by atoms with E-state index in [-0.39, 0.29) is 0 Å². The van der Waals surface area contributed by atoms with E-state index in [2.05, 4.69) is 75.8 Å². The first kappa shape index (κ1) is 20.3. The van der Waals surface area contributed by atoms with Gasteiger partial charge in [0.25, 0.3) is 0 Å². The predicted molar refractivity (Wildman–Crippen MR) is 117 cm³/mol. The molecule has 1 atom stereocenters. The second kappa shape index (κ2) is 10.2. The fourth-order valence-electron chi connectivity index (χ4n) is 3.86. The molecule has 2 N–H and O–H groups in total. The van der Waals surface area contributed by atoms with E-state index in [4.69, 9.17) is 0 Å². The monoisotopic (exact) mass is 379 g/mol. The smallest absolute Gasteiger partial charge is 0.191 e. The van der Waals surface area contributed by atoms with Gasteiger partial charge in [0.1, 0.15) is 0 Å². The first-order valence-electron chi connectivity index (χ1n) is 10.3. The maximum atomic E-state index is 4.41. The molecule has 1 unspecified atom stereocenters. The number of hydrogen-bond donors (Lipinski definition) is 2. The number of aliphatic imine (C=N–C) groups is 1. The summed E-state index contributed by atoms with van der Waals surface area (Å²) in [7, 11) is 1.85. The van der Waals surface area contributed by atoms with Crippen molar-refractivity contribution in [2.45, 2.75) is 45.2 Å². The molecular formula is C23H33N5. The first-order valence-corrected chi connectivity index (χ1v) is 10.3. The molecule has 3 rings (SSSR count). The van der Waals surface area contributed by atoms with Crippen LogP contribution in [-0.2, 0) is 6.42 Å². The largest absolute Gasteiger partial charge is 0.356 e. The Morgan fingerprint density at radius 2 is 1.96 bits per heavy atom. The number of pyridine rings is 1. The first-order chi connectivity index (χ1) is 13.7. The summed E-state index contributed by atoms with van der Waals surface area (Å²) in [5.41, 5.74) is 3.98. The van der Waals surface area contributed by atoms with Gasteiger partial charge in [-0.2, -0.15) is 0 Å². The summed E-state index contributed by atoms with van der Waals surface area (Å²) in [5.74, 6) is 0.904. The van der Waals surface area contributed by atoms with E-state index < -0.39 is 0 Å². The minimum atomic E-state index is 0.475. The predicted octanol–water partition coefficient (Wildman–Crippen LogP) is 3.32. The lowest BCUT2D eigenvalue weighted by molar-refractivity contribution is 0.158. The lowest BCUT2D eigenvalue weighted by Gasteiger charge is -2.37. The zero-order valence-electron chi connectivity index (χ0n) is 17.4. The number of aromatic nitrogens is 1. The van der Waals surface area contributed by atoms with E-state index >= 15 is 0 Å². The topological polar surface area (TPSA) is 52.6 Å². The molecule has 1 aliphatic rings. The zero-order valence-corrected chi connectivity index (χ0v) is 17.4. The molecule has 1 aromatic carbocycles. The number of nitrogens with one attached hydrogen (secondary N) is 2. The molecule has 28 heavy (non-hydrogen) atoms. The molecule has 1 fully saturated rings. The van der Waals surface area contributed by atoms with Gasteiger partial charge in [-0.25, -0.2) is 0 Å². The van der Waals surface area contributed by atoms with Crippen molar-refractivity contribution >= 4 is 5.96 Å². The molecular weight excluding hydrogens is 346 g/mol. The van der Waals surface area contributed by atoms with Crippen molar-refractivity contribution in [2.24, 2.45) is 4.99 Å². The van der Waals surface area contributed by atoms with Crippen LogP contribution in [0.15, 0.2) is 53.8 Å². The van der Waals surface area contributed by atoms with E-state index in [0.29, 0.717) is 12.1 Å². The van der Waals surface area contributed by atoms with Crippen LogP contribution in [-0.4, -0.2) is 48.6 Å². The van der Waals surface area contributed by atoms with Crippen LogP contribution in [0, 0.1) is 6.92 Å². The summed E-state index contributed by atoms with van der Waals surface area (Å²) in [4.78, 5) is 11.1. The number of aryl methyl sites for hydroxylation is 1. The van der Waals surface area contributed by atoms with Crippen molar-refractivity contribution in [2.75, 3.05) is 26.7 Å². The molecule has 0 amide bonds. The third-order valence-electron chi connectivity index (χ3n) is 5.75. The van der Waals surface area contributed by atoms with Crippen molar-refractivity contribution in [3.63, 3.8) is 0 Å². The average molecular weight is 380 g/mol. The average Bonchev–Trinajstić information content (AvgIpc) is 2.75. The van der Waals surface area contributed by atoms with Gasteiger partial charge in [-0.3, -0.25) is 14.9 Å². The SMILES string of the molecule is CN=C(NCCc1ccncc1C)NC1CCN(C(C)c2ccccc2)CC1. The Bertz CT molecular complexity index is 751. The Kier molecular flexibility index (Phi) is 7.43. The lowest BCUT2D eigenvalue weighted by atomic mass is 10.0. The summed E-state index contributed by atoms with van der Waals surface area (Å²) in [6.45, 7) is 7.51. The van der Waals surface area contributed by atoms with E-state index in [1.165, 1.54) is 16.7 Å². The number of rotatable bonds is 6. The Morgan fingerprint density at radius 1 is 1.21 bits per heavy atom. The maximum absolute atomic E-state index is 4.41. The Hall–Kier alpha value is -2.40. The molecule has 2 aromatic rings. The molecule has 1 saturated heterocycles. The van der Waals surface area contributed by atoms with Crippen LogP contribution in [0.2, 0.25) is 0 Å². The van der Waals surface area contributed by atoms with Gasteiger partial charge in [0, 0.05) is 51.2 Å². The van der Waals surface area contributed by atoms with Gasteiger partial charge in [-0.05, 0) is 55.9 Å². The number of nitrogens with zero attached hydrogens (tertiary/aromatic N) is 3. The van der Waals surface area contributed by atoms with Gasteiger partial charge >= 0.3 is 0 Å². The van der Waals surface area contributed by atoms with Crippen LogP contribution in [0.1, 0.15) is 42.5 Å². The highest BCUT2D eigenvalue weighted by molar-refractivity contribution is 5.79. The normalized spacial score (nSPS) is 17.3. The molecule has 0 spiro atoms. The standard InChI is InChI=1S/C23H33N5/c1-18-17-25-13-9-20(18)10-14-26-23(24-3)27-22-11-15-28(16-12-22)19(2)21-7-5-4-6-8-21/h4-9,13,17,19,22H,10-12,14-16H2,1-3H3,(H2,24,26,27). The molecule has 5 heteroatoms. The zero-order chi connectivity index (χ0) is 19.8. The van der Waals surface area contributed by atoms with Gasteiger partial charge in [-0.1, -0.05) is 30.3 Å². The van der Waals surface area contributed by atoms with Gasteiger partial charge in [0.15, 0.2) is 5.96 Å². The summed E-state index contributed by atoms with van der Waals surface area (Å²) in [6.07, 6.45) is 7.04. The number of hydrogen-bond acceptors (Lipinski definition) is 3. The van der Waals surface area contributed by atoms with Gasteiger partial charge in [-0.15, -0.1) is 0 Å². The molecule has 5 nitrogen and oxygen atoms in total. The second-order valence-corrected chi connectivity index (χ2v) is 7.59. The van der Waals surface area contributed by atoms with Gasteiger partial charge in [0.05, 0.1) is 0 Å². The molecule has 150 valence electrons. The highest BCUT2D eigenvalue weighted by Gasteiger charge is 2.23. The van der Waals surface area contributed by atoms with E-state index in [1.54, 1.807) is 0 Å². The summed E-state index contributed by atoms with van der Waals surface area (Å²) < 4.78 is 0. The van der Waals surface area contributed by atoms with Crippen molar-refractivity contribution in [3.8, 4) is 0 Å². The molecule has 2 heterocycles. The molecule has 1 aromatic heterocycles. The van der Waals surface area contributed by atoms with Crippen molar-refractivity contribution in [3.05, 3.63) is 65.5 Å². The van der Waals surface area contributed by atoms with E-state index in [9.17, 15) is 0 Å². The van der Waals surface area contributed by atoms with Crippen molar-refractivity contribution < 1.29 is 0 Å². The molecule has 0 saturated carbocycles. The van der Waals surface area contributed by atoms with Crippen molar-refractivity contribution in [1.29, 1.82) is 0 Å². The fourth-order valence-corrected chi connectivity index (χ4v) is 3.86. The number of likely N-dealkylation sites (tertiary alicyclic amines) is 1. The number of piperidine rings is 1. The second-order valence-electron chi connectivity index (χ2n) is 7.59. The summed E-state index contributed by atoms with van der Waals surface area (Å²) >= 11 is 0. The number of benzene rings is 1. The van der Waals surface area contributed by atoms with Crippen LogP contribution in [0.3, 0.4) is 0 Å². The highest BCUT2D eigenvalue weighted by Crippen LogP contribution is 2.23. The third kappa shape index (κ3) is 5.55. The summed E-state index contributed by atoms with van der Waals surface area (Å²) in [5, 5.41) is 7.06. The van der Waals surface area contributed by atoms with Gasteiger partial charge < -0.3 is 10.6 Å².